The average molecular weight is 1200 g/mol. The van der Waals surface area contributed by atoms with E-state index in [-0.39, 0.29) is 11.6 Å². The van der Waals surface area contributed by atoms with Gasteiger partial charge in [0.15, 0.2) is 0 Å². The van der Waals surface area contributed by atoms with Crippen molar-refractivity contribution in [2.45, 2.75) is 44.7 Å². The van der Waals surface area contributed by atoms with Crippen molar-refractivity contribution in [3.8, 4) is 67.1 Å². The molecular weight excluding hydrogens is 1140 g/mol. The van der Waals surface area contributed by atoms with E-state index in [9.17, 15) is 0 Å². The first kappa shape index (κ1) is 56.3. The number of halogens is 2. The van der Waals surface area contributed by atoms with Crippen molar-refractivity contribution in [3.05, 3.63) is 325 Å². The lowest BCUT2D eigenvalue weighted by atomic mass is 9.66. The Labute approximate surface area is 528 Å². The van der Waals surface area contributed by atoms with Crippen LogP contribution in [0.2, 0.25) is 39.3 Å². The zero-order chi connectivity index (χ0) is 61.5. The lowest BCUT2D eigenvalue weighted by Gasteiger charge is -2.40. The Kier molecular flexibility index (Phi) is 13.9. The molecule has 0 radical (unpaired) electrons. The van der Waals surface area contributed by atoms with Crippen molar-refractivity contribution in [3.63, 3.8) is 0 Å². The van der Waals surface area contributed by atoms with Crippen LogP contribution in [-0.2, 0) is 5.41 Å². The molecule has 0 bridgehead atoms. The third-order valence-corrected chi connectivity index (χ3v) is 22.5. The van der Waals surface area contributed by atoms with Crippen LogP contribution in [0.3, 0.4) is 0 Å². The lowest BCUT2D eigenvalue weighted by molar-refractivity contribution is 0.436. The largest absolute Gasteiger partial charge is 0.457 e. The van der Waals surface area contributed by atoms with Gasteiger partial charge in [0.05, 0.1) is 38.6 Å². The van der Waals surface area contributed by atoms with Gasteiger partial charge in [-0.3, -0.25) is 0 Å². The van der Waals surface area contributed by atoms with E-state index in [2.05, 4.69) is 219 Å². The summed E-state index contributed by atoms with van der Waals surface area (Å²) in [7, 11) is -3.56. The Morgan fingerprint density at radius 3 is 1.19 bits per heavy atom. The van der Waals surface area contributed by atoms with Crippen molar-refractivity contribution in [1.82, 2.24) is 0 Å². The second-order valence-corrected chi connectivity index (χ2v) is 36.0. The normalized spacial score (nSPS) is 12.8. The molecule has 436 valence electrons. The van der Waals surface area contributed by atoms with E-state index < -0.39 is 21.6 Å². The fourth-order valence-corrected chi connectivity index (χ4v) is 16.3. The predicted octanol–water partition coefficient (Wildman–Crippen LogP) is 22.3. The summed E-state index contributed by atoms with van der Waals surface area (Å²) in [5, 5.41) is 4.57. The molecule has 1 aliphatic heterocycles. The minimum atomic E-state index is -1.79. The maximum Gasteiger partial charge on any atom is 0.148 e. The van der Waals surface area contributed by atoms with E-state index in [0.717, 1.165) is 123 Å². The number of fused-ring (bicyclic) bond motifs is 11. The van der Waals surface area contributed by atoms with Gasteiger partial charge in [-0.1, -0.05) is 262 Å². The van der Waals surface area contributed by atoms with E-state index in [1.807, 2.05) is 109 Å². The monoisotopic (exact) mass is 1200 g/mol. The Hall–Kier alpha value is -10.2. The van der Waals surface area contributed by atoms with E-state index in [0.29, 0.717) is 11.4 Å². The highest BCUT2D eigenvalue weighted by molar-refractivity contribution is 6.89. The SMILES string of the molecule is C[Si](C)(C)c1ccc(N(c2ccc3c(c2)C2(c4ccccc4Oc4ccccc42)c2cc(N(c4ccc([Si](C)(C)C)cc4)c4c(F)cc(-c5ccccc5)cc4-c4ccccc4)c4ccccc4c2-3)c2c(F)cc(-c3ccccc3)cc2-c2ccccc2)cc1. The van der Waals surface area contributed by atoms with Gasteiger partial charge in [-0.25, -0.2) is 8.78 Å². The molecule has 0 saturated heterocycles. The molecule has 0 N–H and O–H groups in total. The molecule has 3 nitrogen and oxygen atoms in total. The molecule has 90 heavy (non-hydrogen) atoms. The van der Waals surface area contributed by atoms with Gasteiger partial charge in [0.2, 0.25) is 0 Å². The van der Waals surface area contributed by atoms with Crippen molar-refractivity contribution >= 4 is 71.4 Å². The molecule has 13 aromatic carbocycles. The number of hydrogen-bond donors (Lipinski definition) is 0. The number of ether oxygens (including phenoxy) is 1. The summed E-state index contributed by atoms with van der Waals surface area (Å²) in [6, 6.07) is 101. The zero-order valence-corrected chi connectivity index (χ0v) is 53.3. The van der Waals surface area contributed by atoms with Gasteiger partial charge < -0.3 is 14.5 Å². The summed E-state index contributed by atoms with van der Waals surface area (Å²) in [5.41, 5.74) is 15.9. The van der Waals surface area contributed by atoms with Gasteiger partial charge in [0, 0.05) is 44.7 Å². The molecule has 0 fully saturated rings. The van der Waals surface area contributed by atoms with Gasteiger partial charge in [-0.2, -0.15) is 0 Å². The van der Waals surface area contributed by atoms with Crippen LogP contribution in [0, 0.1) is 11.6 Å². The summed E-state index contributed by atoms with van der Waals surface area (Å²) in [6.07, 6.45) is 0. The van der Waals surface area contributed by atoms with Crippen LogP contribution >= 0.6 is 0 Å². The Morgan fingerprint density at radius 1 is 0.311 bits per heavy atom. The minimum absolute atomic E-state index is 0.350. The van der Waals surface area contributed by atoms with Crippen LogP contribution in [-0.4, -0.2) is 16.1 Å². The lowest BCUT2D eigenvalue weighted by Crippen LogP contribution is -2.37. The van der Waals surface area contributed by atoms with Crippen molar-refractivity contribution < 1.29 is 13.5 Å². The third kappa shape index (κ3) is 9.50. The molecule has 7 heteroatoms. The smallest absolute Gasteiger partial charge is 0.148 e. The number of benzene rings is 13. The van der Waals surface area contributed by atoms with Gasteiger partial charge in [-0.05, 0) is 140 Å². The summed E-state index contributed by atoms with van der Waals surface area (Å²) in [5.74, 6) is 0.763. The molecule has 0 amide bonds. The van der Waals surface area contributed by atoms with Gasteiger partial charge in [0.25, 0.3) is 0 Å². The highest BCUT2D eigenvalue weighted by Gasteiger charge is 2.52. The summed E-state index contributed by atoms with van der Waals surface area (Å²) >= 11 is 0. The number of hydrogen-bond acceptors (Lipinski definition) is 3. The highest BCUT2D eigenvalue weighted by Crippen LogP contribution is 2.65. The summed E-state index contributed by atoms with van der Waals surface area (Å²) in [4.78, 5) is 4.32. The molecular formula is C83H66F2N2OSi2. The first-order chi connectivity index (χ1) is 43.7. The molecule has 0 saturated carbocycles. The predicted molar refractivity (Wildman–Crippen MR) is 378 cm³/mol. The first-order valence-corrected chi connectivity index (χ1v) is 38.0. The number of para-hydroxylation sites is 2. The maximum absolute atomic E-state index is 18.7. The van der Waals surface area contributed by atoms with Crippen molar-refractivity contribution in [2.24, 2.45) is 0 Å². The van der Waals surface area contributed by atoms with E-state index >= 15 is 8.78 Å². The van der Waals surface area contributed by atoms with Crippen LogP contribution < -0.4 is 24.9 Å². The second kappa shape index (κ2) is 22.1. The zero-order valence-electron chi connectivity index (χ0n) is 51.3. The molecule has 2 aliphatic rings. The van der Waals surface area contributed by atoms with Crippen LogP contribution in [0.5, 0.6) is 11.5 Å². The summed E-state index contributed by atoms with van der Waals surface area (Å²) in [6.45, 7) is 14.1. The van der Waals surface area contributed by atoms with Crippen LogP contribution in [0.1, 0.15) is 22.3 Å². The van der Waals surface area contributed by atoms with Crippen molar-refractivity contribution in [1.29, 1.82) is 0 Å². The highest BCUT2D eigenvalue weighted by atomic mass is 28.3. The summed E-state index contributed by atoms with van der Waals surface area (Å²) < 4.78 is 44.2. The topological polar surface area (TPSA) is 15.7 Å². The molecule has 0 aromatic heterocycles. The van der Waals surface area contributed by atoms with E-state index in [1.165, 1.54) is 10.4 Å². The quantitative estimate of drug-likeness (QED) is 0.113. The molecule has 1 spiro atoms. The molecule has 13 aromatic rings. The fourth-order valence-electron chi connectivity index (χ4n) is 14.0. The van der Waals surface area contributed by atoms with Gasteiger partial charge in [-0.15, -0.1) is 0 Å². The van der Waals surface area contributed by atoms with Crippen LogP contribution in [0.4, 0.5) is 42.9 Å². The van der Waals surface area contributed by atoms with E-state index in [4.69, 9.17) is 4.74 Å². The Bertz CT molecular complexity index is 4840. The standard InChI is InChI=1S/C83H66F2N2OSi2/c1-89(2,3)64-44-39-61(40-45-64)86(81-69(57-29-15-9-16-30-57)49-59(51-75(81)84)55-25-11-7-12-26-55)63-43-48-68-73(53-63)83(71-35-21-23-37-78(71)88-79-38-24-22-36-72(79)83)74-54-77(66-33-19-20-34-67(66)80(68)74)87(62-41-46-65(47-42-62)90(4,5)6)82-70(58-31-17-10-18-32-58)50-60(52-76(82)85)56-27-13-8-14-28-56/h7-54H,1-6H3. The Balaban J connectivity index is 1.05. The number of anilines is 6. The van der Waals surface area contributed by atoms with Crippen LogP contribution in [0.25, 0.3) is 66.4 Å². The fraction of sp³-hybridized carbons (Fsp3) is 0.0843. The third-order valence-electron chi connectivity index (χ3n) is 18.3. The number of rotatable bonds is 12. The molecule has 0 atom stereocenters. The van der Waals surface area contributed by atoms with Gasteiger partial charge >= 0.3 is 0 Å². The molecule has 1 heterocycles. The van der Waals surface area contributed by atoms with E-state index in [1.54, 1.807) is 12.1 Å². The molecule has 1 aliphatic carbocycles. The van der Waals surface area contributed by atoms with Crippen molar-refractivity contribution in [2.75, 3.05) is 9.80 Å². The molecule has 0 unspecified atom stereocenters. The van der Waals surface area contributed by atoms with Gasteiger partial charge in [0.1, 0.15) is 23.1 Å². The maximum atomic E-state index is 18.7. The minimum Gasteiger partial charge on any atom is -0.457 e. The average Bonchev–Trinajstić information content (AvgIpc) is 1.47. The number of nitrogens with zero attached hydrogens (tertiary/aromatic N) is 2. The Morgan fingerprint density at radius 2 is 0.711 bits per heavy atom. The second-order valence-electron chi connectivity index (χ2n) is 25.9. The van der Waals surface area contributed by atoms with Crippen LogP contribution in [0.15, 0.2) is 291 Å². The molecule has 15 rings (SSSR count). The first-order valence-electron chi connectivity index (χ1n) is 31.0.